The maximum atomic E-state index is 12.7. The monoisotopic (exact) mass is 393 g/mol. The first-order valence-corrected chi connectivity index (χ1v) is 9.64. The highest BCUT2D eigenvalue weighted by molar-refractivity contribution is 6.06. The number of benzene rings is 1. The van der Waals surface area contributed by atoms with E-state index in [1.807, 2.05) is 0 Å². The van der Waals surface area contributed by atoms with Gasteiger partial charge in [-0.05, 0) is 49.1 Å². The molecular weight excluding hydrogens is 374 g/mol. The summed E-state index contributed by atoms with van der Waals surface area (Å²) in [5.74, 6) is -0.842. The number of piperidine rings is 1. The van der Waals surface area contributed by atoms with Crippen LogP contribution in [0.5, 0.6) is 0 Å². The van der Waals surface area contributed by atoms with Crippen molar-refractivity contribution in [2.75, 3.05) is 5.32 Å². The predicted octanol–water partition coefficient (Wildman–Crippen LogP) is 1.30. The number of fused-ring (bicyclic) bond motifs is 1. The van der Waals surface area contributed by atoms with Gasteiger partial charge in [0, 0.05) is 35.8 Å². The average Bonchev–Trinajstić information content (AvgIpc) is 3.33. The first-order valence-electron chi connectivity index (χ1n) is 9.64. The fourth-order valence-corrected chi connectivity index (χ4v) is 3.90. The number of amides is 4. The van der Waals surface area contributed by atoms with E-state index >= 15 is 0 Å². The number of nitrogens with zero attached hydrogens (tertiary/aromatic N) is 2. The molecule has 1 aliphatic carbocycles. The molecule has 9 heteroatoms. The van der Waals surface area contributed by atoms with Gasteiger partial charge >= 0.3 is 0 Å². The Kier molecular flexibility index (Phi) is 3.97. The van der Waals surface area contributed by atoms with E-state index in [9.17, 15) is 19.2 Å². The molecule has 2 aromatic rings. The molecule has 1 aromatic carbocycles. The summed E-state index contributed by atoms with van der Waals surface area (Å²) >= 11 is 0. The summed E-state index contributed by atoms with van der Waals surface area (Å²) in [4.78, 5) is 50.1. The smallest absolute Gasteiger partial charge is 0.276 e. The summed E-state index contributed by atoms with van der Waals surface area (Å²) in [5, 5.41) is 12.1. The molecule has 1 atom stereocenters. The summed E-state index contributed by atoms with van der Waals surface area (Å²) in [7, 11) is 0. The van der Waals surface area contributed by atoms with Gasteiger partial charge in [0.15, 0.2) is 5.69 Å². The molecule has 4 amide bonds. The van der Waals surface area contributed by atoms with E-state index in [4.69, 9.17) is 0 Å². The minimum atomic E-state index is -0.657. The van der Waals surface area contributed by atoms with E-state index in [0.29, 0.717) is 29.3 Å². The molecule has 2 fully saturated rings. The molecular formula is C20H19N5O4. The fraction of sp³-hybridized carbons (Fsp3) is 0.350. The molecule has 29 heavy (non-hydrogen) atoms. The maximum absolute atomic E-state index is 12.7. The van der Waals surface area contributed by atoms with Crippen molar-refractivity contribution in [2.24, 2.45) is 0 Å². The molecule has 9 nitrogen and oxygen atoms in total. The Labute approximate surface area is 165 Å². The maximum Gasteiger partial charge on any atom is 0.276 e. The number of anilines is 1. The molecule has 3 heterocycles. The summed E-state index contributed by atoms with van der Waals surface area (Å²) in [6.07, 6.45) is 2.76. The summed E-state index contributed by atoms with van der Waals surface area (Å²) in [6.45, 7) is 0.262. The van der Waals surface area contributed by atoms with Crippen molar-refractivity contribution in [1.82, 2.24) is 20.4 Å². The molecule has 0 radical (unpaired) electrons. The van der Waals surface area contributed by atoms with E-state index in [2.05, 4.69) is 20.8 Å². The number of H-pyrrole nitrogens is 1. The summed E-state index contributed by atoms with van der Waals surface area (Å²) < 4.78 is 0. The Morgan fingerprint density at radius 2 is 1.97 bits per heavy atom. The van der Waals surface area contributed by atoms with Gasteiger partial charge in [0.1, 0.15) is 6.04 Å². The van der Waals surface area contributed by atoms with Crippen molar-refractivity contribution >= 4 is 29.3 Å². The molecule has 1 unspecified atom stereocenters. The molecule has 1 saturated heterocycles. The van der Waals surface area contributed by atoms with Gasteiger partial charge in [-0.2, -0.15) is 5.10 Å². The van der Waals surface area contributed by atoms with Crippen LogP contribution in [-0.2, 0) is 16.1 Å². The number of rotatable bonds is 4. The average molecular weight is 393 g/mol. The van der Waals surface area contributed by atoms with Crippen LogP contribution in [-0.4, -0.2) is 44.8 Å². The van der Waals surface area contributed by atoms with E-state index in [1.165, 1.54) is 4.90 Å². The van der Waals surface area contributed by atoms with Crippen LogP contribution in [0.15, 0.2) is 24.3 Å². The predicted molar refractivity (Wildman–Crippen MR) is 101 cm³/mol. The number of hydrogen-bond acceptors (Lipinski definition) is 5. The van der Waals surface area contributed by atoms with Crippen molar-refractivity contribution < 1.29 is 19.2 Å². The van der Waals surface area contributed by atoms with Gasteiger partial charge in [0.25, 0.3) is 11.8 Å². The molecule has 3 aliphatic rings. The lowest BCUT2D eigenvalue weighted by Crippen LogP contribution is -2.52. The van der Waals surface area contributed by atoms with Crippen LogP contribution in [0.3, 0.4) is 0 Å². The number of carbonyl (C=O) groups is 4. The Morgan fingerprint density at radius 1 is 1.14 bits per heavy atom. The van der Waals surface area contributed by atoms with Crippen molar-refractivity contribution in [3.05, 3.63) is 46.8 Å². The highest BCUT2D eigenvalue weighted by Crippen LogP contribution is 2.39. The summed E-state index contributed by atoms with van der Waals surface area (Å²) in [6, 6.07) is 6.17. The lowest BCUT2D eigenvalue weighted by molar-refractivity contribution is -0.136. The van der Waals surface area contributed by atoms with Gasteiger partial charge in [-0.1, -0.05) is 0 Å². The second-order valence-electron chi connectivity index (χ2n) is 7.71. The van der Waals surface area contributed by atoms with Gasteiger partial charge in [0.05, 0.1) is 0 Å². The number of aromatic nitrogens is 2. The van der Waals surface area contributed by atoms with Gasteiger partial charge in [-0.25, -0.2) is 0 Å². The minimum absolute atomic E-state index is 0.213. The zero-order valence-corrected chi connectivity index (χ0v) is 15.5. The van der Waals surface area contributed by atoms with E-state index < -0.39 is 11.9 Å². The highest BCUT2D eigenvalue weighted by Gasteiger charge is 2.39. The normalized spacial score (nSPS) is 21.2. The van der Waals surface area contributed by atoms with Crippen molar-refractivity contribution in [1.29, 1.82) is 0 Å². The third-order valence-corrected chi connectivity index (χ3v) is 5.63. The lowest BCUT2D eigenvalue weighted by atomic mass is 10.0. The first-order chi connectivity index (χ1) is 14.0. The largest absolute Gasteiger partial charge is 0.322 e. The van der Waals surface area contributed by atoms with Crippen LogP contribution in [0.4, 0.5) is 5.69 Å². The number of imide groups is 1. The Bertz CT molecular complexity index is 1050. The first kappa shape index (κ1) is 17.6. The molecule has 1 saturated carbocycles. The second kappa shape index (κ2) is 6.54. The lowest BCUT2D eigenvalue weighted by Gasteiger charge is -2.29. The zero-order chi connectivity index (χ0) is 20.1. The fourth-order valence-electron chi connectivity index (χ4n) is 3.90. The topological polar surface area (TPSA) is 124 Å². The number of aromatic amines is 1. The van der Waals surface area contributed by atoms with Gasteiger partial charge in [-0.3, -0.25) is 29.6 Å². The Morgan fingerprint density at radius 3 is 2.72 bits per heavy atom. The van der Waals surface area contributed by atoms with E-state index in [-0.39, 0.29) is 30.7 Å². The SMILES string of the molecule is O=C1CCC(N2Cc3cc(NC(=O)c4cc(C5CC5)[nH]n4)ccc3C2=O)C(=O)N1. The van der Waals surface area contributed by atoms with E-state index in [0.717, 1.165) is 24.1 Å². The standard InChI is InChI=1S/C20H19N5O4/c26-17-6-5-16(19(28)22-17)25-9-11-7-12(3-4-13(11)20(25)29)21-18(27)15-8-14(23-24-15)10-1-2-10/h3-4,7-8,10,16H,1-2,5-6,9H2,(H,21,27)(H,23,24)(H,22,26,28). The molecule has 148 valence electrons. The zero-order valence-electron chi connectivity index (χ0n) is 15.5. The molecule has 0 spiro atoms. The quantitative estimate of drug-likeness (QED) is 0.676. The number of carbonyl (C=O) groups excluding carboxylic acids is 4. The van der Waals surface area contributed by atoms with E-state index in [1.54, 1.807) is 24.3 Å². The third-order valence-electron chi connectivity index (χ3n) is 5.63. The molecule has 5 rings (SSSR count). The van der Waals surface area contributed by atoms with Gasteiger partial charge < -0.3 is 10.2 Å². The minimum Gasteiger partial charge on any atom is -0.322 e. The number of nitrogens with one attached hydrogen (secondary N) is 3. The molecule has 1 aromatic heterocycles. The number of hydrogen-bond donors (Lipinski definition) is 3. The van der Waals surface area contributed by atoms with Crippen LogP contribution >= 0.6 is 0 Å². The highest BCUT2D eigenvalue weighted by atomic mass is 16.2. The van der Waals surface area contributed by atoms with Gasteiger partial charge in [0.2, 0.25) is 11.8 Å². The second-order valence-corrected chi connectivity index (χ2v) is 7.71. The van der Waals surface area contributed by atoms with Crippen LogP contribution in [0.1, 0.15) is 63.7 Å². The van der Waals surface area contributed by atoms with Crippen LogP contribution in [0, 0.1) is 0 Å². The Balaban J connectivity index is 1.31. The van der Waals surface area contributed by atoms with Crippen LogP contribution in [0.2, 0.25) is 0 Å². The van der Waals surface area contributed by atoms with Crippen molar-refractivity contribution in [3.8, 4) is 0 Å². The Hall–Kier alpha value is -3.49. The van der Waals surface area contributed by atoms with Crippen molar-refractivity contribution in [2.45, 2.75) is 44.2 Å². The van der Waals surface area contributed by atoms with Crippen LogP contribution in [0.25, 0.3) is 0 Å². The third kappa shape index (κ3) is 3.18. The van der Waals surface area contributed by atoms with Crippen LogP contribution < -0.4 is 10.6 Å². The van der Waals surface area contributed by atoms with Crippen molar-refractivity contribution in [3.63, 3.8) is 0 Å². The molecule has 0 bridgehead atoms. The summed E-state index contributed by atoms with van der Waals surface area (Å²) in [5.41, 5.74) is 3.10. The molecule has 3 N–H and O–H groups in total. The molecule has 2 aliphatic heterocycles. The van der Waals surface area contributed by atoms with Gasteiger partial charge in [-0.15, -0.1) is 0 Å².